The lowest BCUT2D eigenvalue weighted by Crippen LogP contribution is -2.35. The number of rotatable bonds is 3. The smallest absolute Gasteiger partial charge is 0.256 e. The lowest BCUT2D eigenvalue weighted by atomic mass is 10.1. The molecule has 122 valence electrons. The maximum atomic E-state index is 12.4. The zero-order valence-corrected chi connectivity index (χ0v) is 13.6. The van der Waals surface area contributed by atoms with Crippen LogP contribution in [0.25, 0.3) is 11.6 Å². The van der Waals surface area contributed by atoms with Crippen LogP contribution in [0.2, 0.25) is 5.02 Å². The van der Waals surface area contributed by atoms with E-state index in [4.69, 9.17) is 16.0 Å². The Hall–Kier alpha value is -2.44. The number of H-pyrrole nitrogens is 1. The Balaban J connectivity index is 1.60. The van der Waals surface area contributed by atoms with E-state index in [1.807, 2.05) is 0 Å². The Morgan fingerprint density at radius 2 is 2.29 bits per heavy atom. The number of pyridine rings is 1. The molecular weight excluding hydrogens is 328 g/mol. The highest BCUT2D eigenvalue weighted by Crippen LogP contribution is 2.22. The molecule has 3 aromatic rings. The van der Waals surface area contributed by atoms with Crippen molar-refractivity contribution in [3.63, 3.8) is 0 Å². The summed E-state index contributed by atoms with van der Waals surface area (Å²) in [5.74, 6) is 1.05. The van der Waals surface area contributed by atoms with E-state index in [0.29, 0.717) is 41.7 Å². The lowest BCUT2D eigenvalue weighted by molar-refractivity contribution is 0.241. The van der Waals surface area contributed by atoms with Gasteiger partial charge in [0, 0.05) is 49.0 Å². The summed E-state index contributed by atoms with van der Waals surface area (Å²) in [6.45, 7) is 2.01. The van der Waals surface area contributed by atoms with Crippen LogP contribution in [-0.2, 0) is 19.5 Å². The molecule has 0 spiro atoms. The third-order valence-corrected chi connectivity index (χ3v) is 4.51. The fourth-order valence-corrected chi connectivity index (χ4v) is 3.08. The van der Waals surface area contributed by atoms with Gasteiger partial charge in [0.25, 0.3) is 5.56 Å². The van der Waals surface area contributed by atoms with Crippen molar-refractivity contribution in [3.8, 4) is 11.6 Å². The van der Waals surface area contributed by atoms with Gasteiger partial charge in [-0.15, -0.1) is 0 Å². The number of hydrogen-bond donors (Lipinski definition) is 1. The molecule has 4 heterocycles. The number of aromatic amines is 1. The van der Waals surface area contributed by atoms with Crippen molar-refractivity contribution < 1.29 is 4.42 Å². The molecule has 0 aromatic carbocycles. The highest BCUT2D eigenvalue weighted by atomic mass is 35.5. The monoisotopic (exact) mass is 342 g/mol. The summed E-state index contributed by atoms with van der Waals surface area (Å²) in [7, 11) is 0. The molecule has 1 aliphatic heterocycles. The van der Waals surface area contributed by atoms with Crippen molar-refractivity contribution >= 4 is 11.6 Å². The Morgan fingerprint density at radius 3 is 3.08 bits per heavy atom. The quantitative estimate of drug-likeness (QED) is 0.792. The third-order valence-electron chi connectivity index (χ3n) is 4.14. The molecule has 0 saturated carbocycles. The predicted octanol–water partition coefficient (Wildman–Crippen LogP) is 2.64. The minimum atomic E-state index is -0.117. The molecule has 24 heavy (non-hydrogen) atoms. The molecule has 0 fully saturated rings. The van der Waals surface area contributed by atoms with Crippen LogP contribution >= 0.6 is 11.6 Å². The van der Waals surface area contributed by atoms with E-state index in [2.05, 4.69) is 19.9 Å². The van der Waals surface area contributed by atoms with E-state index in [0.717, 1.165) is 17.8 Å². The molecule has 0 atom stereocenters. The van der Waals surface area contributed by atoms with E-state index in [1.54, 1.807) is 36.9 Å². The highest BCUT2D eigenvalue weighted by molar-refractivity contribution is 6.31. The van der Waals surface area contributed by atoms with Crippen LogP contribution in [0.15, 0.2) is 46.1 Å². The largest absolute Gasteiger partial charge is 0.461 e. The van der Waals surface area contributed by atoms with Crippen molar-refractivity contribution in [1.29, 1.82) is 0 Å². The Labute approximate surface area is 143 Å². The van der Waals surface area contributed by atoms with Crippen LogP contribution in [0.4, 0.5) is 0 Å². The molecule has 0 saturated heterocycles. The van der Waals surface area contributed by atoms with Gasteiger partial charge in [-0.1, -0.05) is 11.6 Å². The molecule has 0 radical (unpaired) electrons. The molecule has 0 aliphatic carbocycles. The van der Waals surface area contributed by atoms with Gasteiger partial charge in [0.15, 0.2) is 11.6 Å². The van der Waals surface area contributed by atoms with Crippen molar-refractivity contribution in [2.24, 2.45) is 0 Å². The van der Waals surface area contributed by atoms with Crippen LogP contribution < -0.4 is 5.56 Å². The molecule has 1 N–H and O–H groups in total. The van der Waals surface area contributed by atoms with Crippen molar-refractivity contribution in [2.45, 2.75) is 19.5 Å². The minimum Gasteiger partial charge on any atom is -0.461 e. The second kappa shape index (κ2) is 6.22. The first-order valence-corrected chi connectivity index (χ1v) is 8.05. The summed E-state index contributed by atoms with van der Waals surface area (Å²) in [4.78, 5) is 26.1. The van der Waals surface area contributed by atoms with Gasteiger partial charge in [0.1, 0.15) is 0 Å². The highest BCUT2D eigenvalue weighted by Gasteiger charge is 2.22. The first kappa shape index (κ1) is 15.1. The summed E-state index contributed by atoms with van der Waals surface area (Å²) in [5.41, 5.74) is 2.38. The van der Waals surface area contributed by atoms with Gasteiger partial charge >= 0.3 is 0 Å². The van der Waals surface area contributed by atoms with Crippen LogP contribution in [-0.4, -0.2) is 26.4 Å². The molecule has 6 nitrogen and oxygen atoms in total. The summed E-state index contributed by atoms with van der Waals surface area (Å²) < 4.78 is 5.31. The number of fused-ring (bicyclic) bond motifs is 1. The van der Waals surface area contributed by atoms with Crippen molar-refractivity contribution in [1.82, 2.24) is 19.9 Å². The van der Waals surface area contributed by atoms with Crippen LogP contribution in [0.5, 0.6) is 0 Å². The van der Waals surface area contributed by atoms with E-state index in [-0.39, 0.29) is 5.56 Å². The second-order valence-electron chi connectivity index (χ2n) is 5.74. The second-order valence-corrected chi connectivity index (χ2v) is 6.15. The molecule has 0 unspecified atom stereocenters. The minimum absolute atomic E-state index is 0.117. The van der Waals surface area contributed by atoms with Crippen LogP contribution in [0.3, 0.4) is 0 Å². The summed E-state index contributed by atoms with van der Waals surface area (Å²) in [5, 5.41) is 0.691. The number of nitrogens with zero attached hydrogens (tertiary/aromatic N) is 3. The third kappa shape index (κ3) is 2.86. The molecule has 3 aromatic heterocycles. The van der Waals surface area contributed by atoms with E-state index < -0.39 is 0 Å². The van der Waals surface area contributed by atoms with Gasteiger partial charge in [-0.2, -0.15) is 0 Å². The number of furan rings is 1. The maximum absolute atomic E-state index is 12.4. The van der Waals surface area contributed by atoms with Gasteiger partial charge in [-0.25, -0.2) is 4.98 Å². The van der Waals surface area contributed by atoms with Crippen molar-refractivity contribution in [3.05, 3.63) is 69.1 Å². The van der Waals surface area contributed by atoms with E-state index in [1.165, 1.54) is 0 Å². The zero-order valence-electron chi connectivity index (χ0n) is 12.8. The van der Waals surface area contributed by atoms with Gasteiger partial charge in [-0.3, -0.25) is 14.7 Å². The summed E-state index contributed by atoms with van der Waals surface area (Å²) in [6, 6.07) is 5.33. The number of aromatic nitrogens is 3. The first-order valence-electron chi connectivity index (χ1n) is 7.67. The zero-order chi connectivity index (χ0) is 16.5. The van der Waals surface area contributed by atoms with Gasteiger partial charge < -0.3 is 9.40 Å². The molecule has 7 heteroatoms. The standard InChI is InChI=1S/C17H15ClN4O2/c18-13-3-5-19-8-11(13)9-22-6-4-14-12(10-22)17(23)21-16(20-14)15-2-1-7-24-15/h1-3,5,7-8H,4,6,9-10H2,(H,20,21,23). The van der Waals surface area contributed by atoms with Gasteiger partial charge in [0.2, 0.25) is 0 Å². The number of nitrogens with one attached hydrogen (secondary N) is 1. The Bertz CT molecular complexity index is 921. The fourth-order valence-electron chi connectivity index (χ4n) is 2.91. The molecule has 0 bridgehead atoms. The van der Waals surface area contributed by atoms with Gasteiger partial charge in [-0.05, 0) is 18.2 Å². The maximum Gasteiger partial charge on any atom is 0.256 e. The van der Waals surface area contributed by atoms with Crippen LogP contribution in [0, 0.1) is 0 Å². The Morgan fingerprint density at radius 1 is 1.38 bits per heavy atom. The predicted molar refractivity (Wildman–Crippen MR) is 89.6 cm³/mol. The summed E-state index contributed by atoms with van der Waals surface area (Å²) >= 11 is 6.20. The normalized spacial score (nSPS) is 14.5. The Kier molecular flexibility index (Phi) is 3.92. The van der Waals surface area contributed by atoms with Crippen molar-refractivity contribution in [2.75, 3.05) is 6.54 Å². The lowest BCUT2D eigenvalue weighted by Gasteiger charge is -2.27. The number of halogens is 1. The fraction of sp³-hybridized carbons (Fsp3) is 0.235. The molecule has 4 rings (SSSR count). The molecular formula is C17H15ClN4O2. The first-order chi connectivity index (χ1) is 11.7. The number of hydrogen-bond acceptors (Lipinski definition) is 5. The SMILES string of the molecule is O=c1[nH]c(-c2ccco2)nc2c1CN(Cc1cnccc1Cl)CC2. The van der Waals surface area contributed by atoms with Gasteiger partial charge in [0.05, 0.1) is 17.5 Å². The average molecular weight is 343 g/mol. The topological polar surface area (TPSA) is 75.0 Å². The summed E-state index contributed by atoms with van der Waals surface area (Å²) in [6.07, 6.45) is 5.71. The molecule has 0 amide bonds. The average Bonchev–Trinajstić information content (AvgIpc) is 3.12. The van der Waals surface area contributed by atoms with E-state index >= 15 is 0 Å². The van der Waals surface area contributed by atoms with E-state index in [9.17, 15) is 4.79 Å². The van der Waals surface area contributed by atoms with Crippen LogP contribution in [0.1, 0.15) is 16.8 Å². The molecule has 1 aliphatic rings.